The number of hydrogen-bond donors (Lipinski definition) is 1. The van der Waals surface area contributed by atoms with Crippen LogP contribution in [0.5, 0.6) is 5.75 Å². The van der Waals surface area contributed by atoms with Gasteiger partial charge in [-0.15, -0.1) is 0 Å². The first-order valence-corrected chi connectivity index (χ1v) is 8.20. The molecular weight excluding hydrogens is 436 g/mol. The van der Waals surface area contributed by atoms with Gasteiger partial charge < -0.3 is 10.1 Å². The van der Waals surface area contributed by atoms with Crippen molar-refractivity contribution in [2.45, 2.75) is 0 Å². The average Bonchev–Trinajstić information content (AvgIpc) is 2.42. The number of carbonyl (C=O) groups excluding carboxylic acids is 1. The van der Waals surface area contributed by atoms with Crippen molar-refractivity contribution in [2.24, 2.45) is 0 Å². The van der Waals surface area contributed by atoms with Gasteiger partial charge in [-0.2, -0.15) is 0 Å². The summed E-state index contributed by atoms with van der Waals surface area (Å²) in [5.74, 6) is -0.0978. The van der Waals surface area contributed by atoms with Gasteiger partial charge in [0.05, 0.1) is 25.2 Å². The minimum atomic E-state index is -0.423. The first kappa shape index (κ1) is 17.7. The summed E-state index contributed by atoms with van der Waals surface area (Å²) < 4.78 is 5.95. The van der Waals surface area contributed by atoms with E-state index < -0.39 is 5.91 Å². The van der Waals surface area contributed by atoms with E-state index in [-0.39, 0.29) is 6.61 Å². The van der Waals surface area contributed by atoms with Crippen molar-refractivity contribution in [3.8, 4) is 5.75 Å². The third-order valence-electron chi connectivity index (χ3n) is 2.54. The van der Waals surface area contributed by atoms with E-state index in [2.05, 4.69) is 21.2 Å². The molecule has 1 amide bonds. The SMILES string of the molecule is O=C(COc1c(Cl)cc(Cl)cc1Br)Nc1c(Cl)cccc1Cl. The summed E-state index contributed by atoms with van der Waals surface area (Å²) in [6.45, 7) is -0.262. The quantitative estimate of drug-likeness (QED) is 0.621. The number of rotatable bonds is 4. The summed E-state index contributed by atoms with van der Waals surface area (Å²) in [6.07, 6.45) is 0. The lowest BCUT2D eigenvalue weighted by Crippen LogP contribution is -2.20. The molecule has 0 aliphatic rings. The van der Waals surface area contributed by atoms with Crippen LogP contribution in [0.15, 0.2) is 34.8 Å². The Hall–Kier alpha value is -0.650. The van der Waals surface area contributed by atoms with Crippen LogP contribution in [0, 0.1) is 0 Å². The fourth-order valence-corrected chi connectivity index (χ4v) is 3.46. The smallest absolute Gasteiger partial charge is 0.262 e. The number of ether oxygens (including phenoxy) is 1. The maximum absolute atomic E-state index is 11.9. The Bertz CT molecular complexity index is 681. The van der Waals surface area contributed by atoms with E-state index >= 15 is 0 Å². The summed E-state index contributed by atoms with van der Waals surface area (Å²) in [6, 6.07) is 8.06. The Kier molecular flexibility index (Phi) is 6.24. The first-order chi connectivity index (χ1) is 10.4. The maximum Gasteiger partial charge on any atom is 0.262 e. The minimum Gasteiger partial charge on any atom is -0.481 e. The molecule has 1 N–H and O–H groups in total. The molecule has 116 valence electrons. The number of hydrogen-bond acceptors (Lipinski definition) is 2. The molecule has 2 rings (SSSR count). The van der Waals surface area contributed by atoms with E-state index in [0.29, 0.717) is 36.0 Å². The van der Waals surface area contributed by atoms with Crippen LogP contribution in [0.1, 0.15) is 0 Å². The van der Waals surface area contributed by atoms with E-state index in [4.69, 9.17) is 51.1 Å². The lowest BCUT2D eigenvalue weighted by Gasteiger charge is -2.12. The summed E-state index contributed by atoms with van der Waals surface area (Å²) in [5, 5.41) is 4.02. The molecule has 2 aromatic carbocycles. The summed E-state index contributed by atoms with van der Waals surface area (Å²) in [7, 11) is 0. The molecule has 0 heterocycles. The van der Waals surface area contributed by atoms with Gasteiger partial charge in [0.15, 0.2) is 12.4 Å². The molecule has 3 nitrogen and oxygen atoms in total. The van der Waals surface area contributed by atoms with Crippen molar-refractivity contribution in [2.75, 3.05) is 11.9 Å². The molecule has 22 heavy (non-hydrogen) atoms. The Labute approximate surface area is 155 Å². The van der Waals surface area contributed by atoms with Crippen molar-refractivity contribution in [1.29, 1.82) is 0 Å². The molecule has 0 saturated heterocycles. The highest BCUT2D eigenvalue weighted by atomic mass is 79.9. The van der Waals surface area contributed by atoms with Crippen LogP contribution in [0.3, 0.4) is 0 Å². The number of carbonyl (C=O) groups is 1. The summed E-state index contributed by atoms with van der Waals surface area (Å²) in [4.78, 5) is 11.9. The Morgan fingerprint density at radius 2 is 1.73 bits per heavy atom. The van der Waals surface area contributed by atoms with Crippen LogP contribution < -0.4 is 10.1 Å². The van der Waals surface area contributed by atoms with E-state index in [9.17, 15) is 4.79 Å². The monoisotopic (exact) mass is 441 g/mol. The Morgan fingerprint density at radius 1 is 1.09 bits per heavy atom. The molecule has 0 saturated carbocycles. The van der Waals surface area contributed by atoms with Crippen molar-refractivity contribution in [1.82, 2.24) is 0 Å². The second-order valence-electron chi connectivity index (χ2n) is 4.13. The number of amides is 1. The standard InChI is InChI=1S/C14H8BrCl4NO2/c15-8-4-7(16)5-11(19)14(8)22-6-12(21)20-13-9(17)2-1-3-10(13)18/h1-5H,6H2,(H,20,21). The fraction of sp³-hybridized carbons (Fsp3) is 0.0714. The molecule has 0 aromatic heterocycles. The van der Waals surface area contributed by atoms with Crippen molar-refractivity contribution in [3.05, 3.63) is 54.9 Å². The van der Waals surface area contributed by atoms with Crippen LogP contribution in [0.2, 0.25) is 20.1 Å². The van der Waals surface area contributed by atoms with Gasteiger partial charge in [-0.3, -0.25) is 4.79 Å². The average molecular weight is 444 g/mol. The minimum absolute atomic E-state index is 0.262. The first-order valence-electron chi connectivity index (χ1n) is 5.89. The molecule has 2 aromatic rings. The van der Waals surface area contributed by atoms with Gasteiger partial charge in [0, 0.05) is 5.02 Å². The van der Waals surface area contributed by atoms with Gasteiger partial charge in [0.25, 0.3) is 5.91 Å². The van der Waals surface area contributed by atoms with Gasteiger partial charge in [0.2, 0.25) is 0 Å². The molecule has 0 spiro atoms. The van der Waals surface area contributed by atoms with Crippen LogP contribution in [-0.4, -0.2) is 12.5 Å². The van der Waals surface area contributed by atoms with Gasteiger partial charge in [-0.25, -0.2) is 0 Å². The molecule has 0 radical (unpaired) electrons. The number of para-hydroxylation sites is 1. The highest BCUT2D eigenvalue weighted by Gasteiger charge is 2.13. The number of benzene rings is 2. The van der Waals surface area contributed by atoms with Gasteiger partial charge in [0.1, 0.15) is 0 Å². The molecule has 0 fully saturated rings. The van der Waals surface area contributed by atoms with Crippen molar-refractivity contribution < 1.29 is 9.53 Å². The zero-order valence-electron chi connectivity index (χ0n) is 10.8. The third kappa shape index (κ3) is 4.43. The molecule has 0 atom stereocenters. The topological polar surface area (TPSA) is 38.3 Å². The highest BCUT2D eigenvalue weighted by molar-refractivity contribution is 9.10. The van der Waals surface area contributed by atoms with E-state index in [1.807, 2.05) is 0 Å². The van der Waals surface area contributed by atoms with E-state index in [0.717, 1.165) is 0 Å². The number of anilines is 1. The molecule has 0 aliphatic carbocycles. The summed E-state index contributed by atoms with van der Waals surface area (Å²) >= 11 is 27.1. The molecule has 0 aliphatic heterocycles. The second kappa shape index (κ2) is 7.75. The van der Waals surface area contributed by atoms with Gasteiger partial charge >= 0.3 is 0 Å². The molecule has 0 bridgehead atoms. The van der Waals surface area contributed by atoms with E-state index in [1.165, 1.54) is 6.07 Å². The lowest BCUT2D eigenvalue weighted by atomic mass is 10.3. The summed E-state index contributed by atoms with van der Waals surface area (Å²) in [5.41, 5.74) is 0.334. The second-order valence-corrected chi connectivity index (χ2v) is 6.64. The van der Waals surface area contributed by atoms with Crippen LogP contribution in [-0.2, 0) is 4.79 Å². The predicted molar refractivity (Wildman–Crippen MR) is 94.7 cm³/mol. The molecule has 8 heteroatoms. The van der Waals surface area contributed by atoms with Gasteiger partial charge in [-0.1, -0.05) is 52.5 Å². The predicted octanol–water partition coefficient (Wildman–Crippen LogP) is 6.08. The lowest BCUT2D eigenvalue weighted by molar-refractivity contribution is -0.118. The zero-order valence-corrected chi connectivity index (χ0v) is 15.4. The zero-order chi connectivity index (χ0) is 16.3. The molecule has 0 unspecified atom stereocenters. The highest BCUT2D eigenvalue weighted by Crippen LogP contribution is 2.36. The van der Waals surface area contributed by atoms with Gasteiger partial charge in [-0.05, 0) is 40.2 Å². The maximum atomic E-state index is 11.9. The molecular formula is C14H8BrCl4NO2. The Balaban J connectivity index is 2.05. The van der Waals surface area contributed by atoms with Crippen LogP contribution in [0.4, 0.5) is 5.69 Å². The van der Waals surface area contributed by atoms with Crippen LogP contribution >= 0.6 is 62.3 Å². The van der Waals surface area contributed by atoms with Crippen molar-refractivity contribution in [3.63, 3.8) is 0 Å². The normalized spacial score (nSPS) is 10.4. The van der Waals surface area contributed by atoms with Crippen LogP contribution in [0.25, 0.3) is 0 Å². The largest absolute Gasteiger partial charge is 0.481 e. The third-order valence-corrected chi connectivity index (χ3v) is 4.26. The fourth-order valence-electron chi connectivity index (χ4n) is 1.60. The van der Waals surface area contributed by atoms with E-state index in [1.54, 1.807) is 24.3 Å². The number of nitrogens with one attached hydrogen (secondary N) is 1. The Morgan fingerprint density at radius 3 is 2.32 bits per heavy atom. The van der Waals surface area contributed by atoms with Crippen molar-refractivity contribution >= 4 is 73.9 Å². The number of halogens is 5.